The highest BCUT2D eigenvalue weighted by molar-refractivity contribution is 6.03. The molecule has 0 N–H and O–H groups in total. The van der Waals surface area contributed by atoms with Gasteiger partial charge in [0.2, 0.25) is 0 Å². The molecule has 2 heterocycles. The molecular formula is C59H37NO. The summed E-state index contributed by atoms with van der Waals surface area (Å²) >= 11 is 0. The summed E-state index contributed by atoms with van der Waals surface area (Å²) in [5.74, 6) is 1.80. The Kier molecular flexibility index (Phi) is 7.26. The van der Waals surface area contributed by atoms with E-state index >= 15 is 0 Å². The van der Waals surface area contributed by atoms with Crippen LogP contribution in [0.5, 0.6) is 11.5 Å². The van der Waals surface area contributed by atoms with Crippen LogP contribution in [0.3, 0.4) is 0 Å². The third-order valence-electron chi connectivity index (χ3n) is 13.3. The second-order valence-electron chi connectivity index (χ2n) is 16.4. The molecule has 2 heteroatoms. The van der Waals surface area contributed by atoms with Gasteiger partial charge in [-0.2, -0.15) is 0 Å². The van der Waals surface area contributed by atoms with E-state index in [1.165, 1.54) is 54.9 Å². The second-order valence-corrected chi connectivity index (χ2v) is 16.4. The lowest BCUT2D eigenvalue weighted by Crippen LogP contribution is -2.40. The van der Waals surface area contributed by atoms with Gasteiger partial charge >= 0.3 is 0 Å². The van der Waals surface area contributed by atoms with Gasteiger partial charge in [0, 0.05) is 27.6 Å². The molecule has 0 fully saturated rings. The minimum atomic E-state index is -0.798. The zero-order valence-corrected chi connectivity index (χ0v) is 33.2. The molecule has 0 aliphatic carbocycles. The van der Waals surface area contributed by atoms with Crippen LogP contribution in [0.1, 0.15) is 22.3 Å². The van der Waals surface area contributed by atoms with Crippen LogP contribution in [0.2, 0.25) is 0 Å². The molecule has 11 aromatic rings. The standard InChI is InChI=1S/C59H37NO/c1-2-20-44(21-3-1)60-55-34-30-42(47-26-12-18-38-14-4-8-22-45(38)47)36-53(55)59(54-37-43(31-35-56(54)60)48-27-13-19-39-15-5-9-23-46(39)48)51-32-28-40-16-6-10-24-49(40)57(51)61-58-50-25-11-7-17-41(50)29-33-52(58)59/h1-37H. The summed E-state index contributed by atoms with van der Waals surface area (Å²) in [6.45, 7) is 0. The van der Waals surface area contributed by atoms with Crippen LogP contribution < -0.4 is 9.64 Å². The maximum Gasteiger partial charge on any atom is 0.140 e. The lowest BCUT2D eigenvalue weighted by molar-refractivity contribution is 0.444. The molecule has 0 unspecified atom stereocenters. The van der Waals surface area contributed by atoms with Crippen molar-refractivity contribution in [3.63, 3.8) is 0 Å². The van der Waals surface area contributed by atoms with Crippen molar-refractivity contribution in [2.24, 2.45) is 0 Å². The van der Waals surface area contributed by atoms with Gasteiger partial charge in [0.25, 0.3) is 0 Å². The van der Waals surface area contributed by atoms with E-state index in [2.05, 4.69) is 229 Å². The Morgan fingerprint density at radius 1 is 0.311 bits per heavy atom. The van der Waals surface area contributed by atoms with E-state index < -0.39 is 5.41 Å². The van der Waals surface area contributed by atoms with E-state index in [0.717, 1.165) is 61.2 Å². The number of fused-ring (bicyclic) bond motifs is 14. The first-order chi connectivity index (χ1) is 30.3. The average molecular weight is 776 g/mol. The molecule has 284 valence electrons. The maximum absolute atomic E-state index is 7.40. The number of benzene rings is 11. The van der Waals surface area contributed by atoms with E-state index in [4.69, 9.17) is 4.74 Å². The largest absolute Gasteiger partial charge is 0.455 e. The van der Waals surface area contributed by atoms with E-state index in [9.17, 15) is 0 Å². The molecule has 0 radical (unpaired) electrons. The molecule has 0 saturated carbocycles. The van der Waals surface area contributed by atoms with Crippen molar-refractivity contribution in [3.05, 3.63) is 247 Å². The number of hydrogen-bond donors (Lipinski definition) is 0. The van der Waals surface area contributed by atoms with E-state index in [1.807, 2.05) is 0 Å². The van der Waals surface area contributed by atoms with Gasteiger partial charge in [0.15, 0.2) is 0 Å². The molecule has 0 amide bonds. The number of hydrogen-bond acceptors (Lipinski definition) is 2. The number of ether oxygens (including phenoxy) is 1. The zero-order chi connectivity index (χ0) is 40.1. The van der Waals surface area contributed by atoms with Crippen LogP contribution in [0.15, 0.2) is 224 Å². The van der Waals surface area contributed by atoms with Gasteiger partial charge in [0.05, 0.1) is 16.8 Å². The Labute approximate surface area is 354 Å². The lowest BCUT2D eigenvalue weighted by Gasteiger charge is -2.49. The van der Waals surface area contributed by atoms with Crippen LogP contribution in [0, 0.1) is 0 Å². The van der Waals surface area contributed by atoms with Crippen molar-refractivity contribution in [3.8, 4) is 33.8 Å². The zero-order valence-electron chi connectivity index (χ0n) is 33.2. The summed E-state index contributed by atoms with van der Waals surface area (Å²) in [6, 6.07) is 82.6. The van der Waals surface area contributed by atoms with Gasteiger partial charge in [-0.05, 0) is 102 Å². The van der Waals surface area contributed by atoms with Gasteiger partial charge in [-0.25, -0.2) is 0 Å². The predicted molar refractivity (Wildman–Crippen MR) is 254 cm³/mol. The summed E-state index contributed by atoms with van der Waals surface area (Å²) in [6.07, 6.45) is 0. The van der Waals surface area contributed by atoms with Crippen LogP contribution in [-0.4, -0.2) is 0 Å². The first kappa shape index (κ1) is 34.0. The van der Waals surface area contributed by atoms with Gasteiger partial charge in [0.1, 0.15) is 11.5 Å². The number of anilines is 3. The molecular weight excluding hydrogens is 739 g/mol. The van der Waals surface area contributed by atoms with Gasteiger partial charge in [-0.15, -0.1) is 0 Å². The van der Waals surface area contributed by atoms with Crippen molar-refractivity contribution in [1.29, 1.82) is 0 Å². The van der Waals surface area contributed by atoms with Crippen LogP contribution in [0.4, 0.5) is 17.1 Å². The molecule has 0 aromatic heterocycles. The molecule has 13 rings (SSSR count). The highest BCUT2D eigenvalue weighted by Gasteiger charge is 2.52. The van der Waals surface area contributed by atoms with Crippen LogP contribution in [0.25, 0.3) is 65.3 Å². The molecule has 0 atom stereocenters. The van der Waals surface area contributed by atoms with Gasteiger partial charge in [-0.3, -0.25) is 0 Å². The number of rotatable bonds is 3. The fourth-order valence-electron chi connectivity index (χ4n) is 10.6. The summed E-state index contributed by atoms with van der Waals surface area (Å²) < 4.78 is 7.40. The Morgan fingerprint density at radius 3 is 1.21 bits per heavy atom. The molecule has 2 nitrogen and oxygen atoms in total. The minimum Gasteiger partial charge on any atom is -0.455 e. The SMILES string of the molecule is c1ccc(N2c3ccc(-c4cccc5ccccc45)cc3C3(c4cc(-c5cccc6ccccc56)ccc42)c2ccc4ccccc4c2Oc2c3ccc3ccccc23)cc1. The molecule has 1 spiro atoms. The Bertz CT molecular complexity index is 3360. The first-order valence-electron chi connectivity index (χ1n) is 21.1. The van der Waals surface area contributed by atoms with Crippen molar-refractivity contribution < 1.29 is 4.74 Å². The molecule has 0 bridgehead atoms. The van der Waals surface area contributed by atoms with Crippen LogP contribution >= 0.6 is 0 Å². The monoisotopic (exact) mass is 775 g/mol. The van der Waals surface area contributed by atoms with Gasteiger partial charge < -0.3 is 9.64 Å². The summed E-state index contributed by atoms with van der Waals surface area (Å²) in [5, 5.41) is 9.42. The Morgan fingerprint density at radius 2 is 0.721 bits per heavy atom. The molecule has 0 saturated heterocycles. The highest BCUT2D eigenvalue weighted by atomic mass is 16.5. The van der Waals surface area contributed by atoms with Gasteiger partial charge in [-0.1, -0.05) is 188 Å². The maximum atomic E-state index is 7.40. The van der Waals surface area contributed by atoms with Crippen LogP contribution in [-0.2, 0) is 5.41 Å². The van der Waals surface area contributed by atoms with E-state index in [1.54, 1.807) is 0 Å². The highest BCUT2D eigenvalue weighted by Crippen LogP contribution is 2.65. The Balaban J connectivity index is 1.24. The molecule has 2 aliphatic rings. The fraction of sp³-hybridized carbons (Fsp3) is 0.0169. The molecule has 11 aromatic carbocycles. The van der Waals surface area contributed by atoms with Crippen molar-refractivity contribution in [2.75, 3.05) is 4.90 Å². The molecule has 2 aliphatic heterocycles. The Hall–Kier alpha value is -7.94. The molecule has 61 heavy (non-hydrogen) atoms. The fourth-order valence-corrected chi connectivity index (χ4v) is 10.6. The third kappa shape index (κ3) is 4.85. The third-order valence-corrected chi connectivity index (χ3v) is 13.3. The quantitative estimate of drug-likeness (QED) is 0.177. The van der Waals surface area contributed by atoms with E-state index in [0.29, 0.717) is 0 Å². The number of nitrogens with zero attached hydrogens (tertiary/aromatic N) is 1. The predicted octanol–water partition coefficient (Wildman–Crippen LogP) is 15.9. The first-order valence-corrected chi connectivity index (χ1v) is 21.1. The minimum absolute atomic E-state index is 0.798. The smallest absolute Gasteiger partial charge is 0.140 e. The summed E-state index contributed by atoms with van der Waals surface area (Å²) in [7, 11) is 0. The summed E-state index contributed by atoms with van der Waals surface area (Å²) in [5.41, 5.74) is 12.0. The number of para-hydroxylation sites is 1. The van der Waals surface area contributed by atoms with Crippen molar-refractivity contribution in [2.45, 2.75) is 5.41 Å². The average Bonchev–Trinajstić information content (AvgIpc) is 3.33. The van der Waals surface area contributed by atoms with E-state index in [-0.39, 0.29) is 0 Å². The normalized spacial score (nSPS) is 13.5. The lowest BCUT2D eigenvalue weighted by atomic mass is 9.60. The topological polar surface area (TPSA) is 12.5 Å². The summed E-state index contributed by atoms with van der Waals surface area (Å²) in [4.78, 5) is 2.48. The second kappa shape index (κ2) is 13.0. The van der Waals surface area contributed by atoms with Crippen molar-refractivity contribution >= 4 is 60.2 Å². The van der Waals surface area contributed by atoms with Crippen molar-refractivity contribution in [1.82, 2.24) is 0 Å².